The van der Waals surface area contributed by atoms with Gasteiger partial charge in [0.25, 0.3) is 11.8 Å². The number of carbonyl (C=O) groups excluding carboxylic acids is 3. The van der Waals surface area contributed by atoms with Crippen LogP contribution in [0.25, 0.3) is 0 Å². The molecule has 32 heavy (non-hydrogen) atoms. The van der Waals surface area contributed by atoms with Crippen LogP contribution in [-0.4, -0.2) is 22.8 Å². The molecule has 1 aliphatic heterocycles. The second kappa shape index (κ2) is 8.43. The van der Waals surface area contributed by atoms with Gasteiger partial charge in [-0.15, -0.1) is 5.06 Å². The van der Waals surface area contributed by atoms with Crippen LogP contribution in [-0.2, 0) is 19.2 Å². The molecule has 7 unspecified atom stereocenters. The molecule has 5 heteroatoms. The van der Waals surface area contributed by atoms with Gasteiger partial charge in [0.15, 0.2) is 0 Å². The van der Waals surface area contributed by atoms with Gasteiger partial charge in [-0.1, -0.05) is 26.7 Å². The predicted octanol–water partition coefficient (Wildman–Crippen LogP) is 5.81. The lowest BCUT2D eigenvalue weighted by Gasteiger charge is -2.60. The van der Waals surface area contributed by atoms with Crippen LogP contribution in [0.3, 0.4) is 0 Å². The fraction of sp³-hybridized carbons (Fsp3) is 0.889. The Kier molecular flexibility index (Phi) is 5.90. The lowest BCUT2D eigenvalue weighted by atomic mass is 9.45. The topological polar surface area (TPSA) is 63.7 Å². The van der Waals surface area contributed by atoms with Crippen molar-refractivity contribution in [2.45, 2.75) is 110 Å². The smallest absolute Gasteiger partial charge is 0.330 e. The molecule has 5 rings (SSSR count). The SMILES string of the molecule is CC12CCCCC1CCC1C2CCC2(C)C(CCCC(=O)ON3C(=O)CCC3=O)CCC12. The summed E-state index contributed by atoms with van der Waals surface area (Å²) in [5.74, 6) is 3.13. The van der Waals surface area contributed by atoms with Crippen molar-refractivity contribution in [3.05, 3.63) is 0 Å². The standard InChI is InChI=1S/C27H41NO4/c1-26-16-4-3-6-18(26)9-11-20-21-12-10-19(27(21,2)17-15-22(20)26)7-5-8-25(31)32-28-23(29)13-14-24(28)30/h18-22H,3-17H2,1-2H3. The van der Waals surface area contributed by atoms with E-state index in [9.17, 15) is 14.4 Å². The Hall–Kier alpha value is -1.39. The molecule has 0 aromatic rings. The molecule has 0 bridgehead atoms. The summed E-state index contributed by atoms with van der Waals surface area (Å²) in [4.78, 5) is 40.6. The van der Waals surface area contributed by atoms with E-state index in [1.807, 2.05) is 0 Å². The molecule has 2 amide bonds. The molecular formula is C27H41NO4. The van der Waals surface area contributed by atoms with Crippen LogP contribution in [0.15, 0.2) is 0 Å². The number of nitrogens with zero attached hydrogens (tertiary/aromatic N) is 1. The Balaban J connectivity index is 1.17. The summed E-state index contributed by atoms with van der Waals surface area (Å²) in [6.45, 7) is 5.20. The van der Waals surface area contributed by atoms with E-state index in [0.29, 0.717) is 28.2 Å². The quantitative estimate of drug-likeness (QED) is 0.503. The molecule has 0 radical (unpaired) electrons. The summed E-state index contributed by atoms with van der Waals surface area (Å²) in [5, 5.41) is 0.679. The van der Waals surface area contributed by atoms with Crippen molar-refractivity contribution in [1.29, 1.82) is 0 Å². The van der Waals surface area contributed by atoms with Crippen molar-refractivity contribution in [2.24, 2.45) is 40.4 Å². The highest BCUT2D eigenvalue weighted by molar-refractivity contribution is 6.01. The van der Waals surface area contributed by atoms with Gasteiger partial charge in [0.05, 0.1) is 0 Å². The molecular weight excluding hydrogens is 402 g/mol. The fourth-order valence-corrected chi connectivity index (χ4v) is 9.18. The van der Waals surface area contributed by atoms with E-state index in [1.54, 1.807) is 0 Å². The summed E-state index contributed by atoms with van der Waals surface area (Å²) in [5.41, 5.74) is 1.01. The predicted molar refractivity (Wildman–Crippen MR) is 121 cm³/mol. The van der Waals surface area contributed by atoms with Gasteiger partial charge < -0.3 is 4.84 Å². The summed E-state index contributed by atoms with van der Waals surface area (Å²) in [6.07, 6.45) is 16.6. The average Bonchev–Trinajstić information content (AvgIpc) is 3.27. The minimum Gasteiger partial charge on any atom is -0.330 e. The number of hydrogen-bond acceptors (Lipinski definition) is 4. The van der Waals surface area contributed by atoms with Crippen molar-refractivity contribution in [3.8, 4) is 0 Å². The molecule has 5 aliphatic rings. The molecule has 1 saturated heterocycles. The first-order chi connectivity index (χ1) is 15.3. The monoisotopic (exact) mass is 443 g/mol. The van der Waals surface area contributed by atoms with E-state index in [2.05, 4.69) is 13.8 Å². The largest absolute Gasteiger partial charge is 0.333 e. The molecule has 7 atom stereocenters. The Labute approximate surface area is 193 Å². The van der Waals surface area contributed by atoms with Crippen molar-refractivity contribution in [3.63, 3.8) is 0 Å². The number of fused-ring (bicyclic) bond motifs is 5. The molecule has 4 aliphatic carbocycles. The van der Waals surface area contributed by atoms with Crippen molar-refractivity contribution >= 4 is 17.8 Å². The maximum absolute atomic E-state index is 12.2. The highest BCUT2D eigenvalue weighted by Gasteiger charge is 2.59. The van der Waals surface area contributed by atoms with Crippen molar-refractivity contribution in [1.82, 2.24) is 5.06 Å². The van der Waals surface area contributed by atoms with Gasteiger partial charge in [0, 0.05) is 19.3 Å². The van der Waals surface area contributed by atoms with Crippen molar-refractivity contribution in [2.75, 3.05) is 0 Å². The first-order valence-corrected chi connectivity index (χ1v) is 13.4. The van der Waals surface area contributed by atoms with E-state index in [4.69, 9.17) is 4.84 Å². The minimum atomic E-state index is -0.444. The lowest BCUT2D eigenvalue weighted by Crippen LogP contribution is -2.52. The number of hydroxylamine groups is 2. The highest BCUT2D eigenvalue weighted by atomic mass is 16.7. The molecule has 5 fully saturated rings. The second-order valence-corrected chi connectivity index (χ2v) is 12.2. The molecule has 178 valence electrons. The third kappa shape index (κ3) is 3.62. The van der Waals surface area contributed by atoms with Crippen LogP contribution in [0.5, 0.6) is 0 Å². The van der Waals surface area contributed by atoms with Gasteiger partial charge in [0.2, 0.25) is 0 Å². The van der Waals surface area contributed by atoms with Crippen LogP contribution < -0.4 is 0 Å². The van der Waals surface area contributed by atoms with Crippen molar-refractivity contribution < 1.29 is 19.2 Å². The van der Waals surface area contributed by atoms with Crippen LogP contribution in [0.4, 0.5) is 0 Å². The maximum Gasteiger partial charge on any atom is 0.333 e. The summed E-state index contributed by atoms with van der Waals surface area (Å²) < 4.78 is 0. The first-order valence-electron chi connectivity index (χ1n) is 13.4. The van der Waals surface area contributed by atoms with E-state index in [1.165, 1.54) is 64.2 Å². The van der Waals surface area contributed by atoms with Gasteiger partial charge >= 0.3 is 5.97 Å². The number of imide groups is 1. The van der Waals surface area contributed by atoms with E-state index < -0.39 is 17.8 Å². The number of rotatable bonds is 5. The summed E-state index contributed by atoms with van der Waals surface area (Å²) in [6, 6.07) is 0. The Morgan fingerprint density at radius 3 is 2.44 bits per heavy atom. The molecule has 0 spiro atoms. The molecule has 1 heterocycles. The third-order valence-corrected chi connectivity index (χ3v) is 10.9. The van der Waals surface area contributed by atoms with Crippen LogP contribution in [0.1, 0.15) is 110 Å². The van der Waals surface area contributed by atoms with Gasteiger partial charge in [-0.2, -0.15) is 0 Å². The minimum absolute atomic E-state index is 0.149. The van der Waals surface area contributed by atoms with Gasteiger partial charge in [-0.05, 0) is 105 Å². The van der Waals surface area contributed by atoms with Crippen LogP contribution >= 0.6 is 0 Å². The van der Waals surface area contributed by atoms with Crippen LogP contribution in [0.2, 0.25) is 0 Å². The zero-order valence-electron chi connectivity index (χ0n) is 20.1. The van der Waals surface area contributed by atoms with E-state index in [0.717, 1.165) is 36.5 Å². The normalized spacial score (nSPS) is 43.6. The Bertz CT molecular complexity index is 764. The van der Waals surface area contributed by atoms with Gasteiger partial charge in [-0.25, -0.2) is 4.79 Å². The maximum atomic E-state index is 12.2. The first kappa shape index (κ1) is 22.4. The molecule has 0 aromatic heterocycles. The summed E-state index contributed by atoms with van der Waals surface area (Å²) in [7, 11) is 0. The Morgan fingerprint density at radius 2 is 1.66 bits per heavy atom. The lowest BCUT2D eigenvalue weighted by molar-refractivity contribution is -0.197. The van der Waals surface area contributed by atoms with Crippen LogP contribution in [0, 0.1) is 40.4 Å². The zero-order valence-corrected chi connectivity index (χ0v) is 20.1. The number of hydrogen-bond donors (Lipinski definition) is 0. The second-order valence-electron chi connectivity index (χ2n) is 12.2. The fourth-order valence-electron chi connectivity index (χ4n) is 9.18. The number of carbonyl (C=O) groups is 3. The number of amides is 2. The van der Waals surface area contributed by atoms with Gasteiger partial charge in [-0.3, -0.25) is 9.59 Å². The summed E-state index contributed by atoms with van der Waals surface area (Å²) >= 11 is 0. The Morgan fingerprint density at radius 1 is 0.906 bits per heavy atom. The molecule has 5 nitrogen and oxygen atoms in total. The molecule has 0 aromatic carbocycles. The third-order valence-electron chi connectivity index (χ3n) is 10.9. The van der Waals surface area contributed by atoms with E-state index in [-0.39, 0.29) is 12.8 Å². The average molecular weight is 444 g/mol. The highest BCUT2D eigenvalue weighted by Crippen LogP contribution is 2.67. The molecule has 4 saturated carbocycles. The van der Waals surface area contributed by atoms with E-state index >= 15 is 0 Å². The van der Waals surface area contributed by atoms with Gasteiger partial charge in [0.1, 0.15) is 0 Å². The zero-order chi connectivity index (χ0) is 22.5. The molecule has 0 N–H and O–H groups in total.